The van der Waals surface area contributed by atoms with Crippen molar-refractivity contribution in [3.05, 3.63) is 59.0 Å². The molecular formula is C16H12ClFN2O2. The van der Waals surface area contributed by atoms with E-state index in [4.69, 9.17) is 16.3 Å². The number of halogens is 2. The molecule has 0 aliphatic rings. The van der Waals surface area contributed by atoms with E-state index < -0.39 is 5.82 Å². The number of H-pyrrole nitrogens is 1. The van der Waals surface area contributed by atoms with Gasteiger partial charge >= 0.3 is 0 Å². The molecule has 1 aromatic heterocycles. The van der Waals surface area contributed by atoms with Crippen LogP contribution in [0.25, 0.3) is 10.9 Å². The first kappa shape index (κ1) is 14.4. The molecule has 0 spiro atoms. The van der Waals surface area contributed by atoms with Crippen LogP contribution >= 0.6 is 11.6 Å². The van der Waals surface area contributed by atoms with Gasteiger partial charge < -0.3 is 15.0 Å². The van der Waals surface area contributed by atoms with Crippen LogP contribution in [0.15, 0.2) is 42.5 Å². The molecule has 4 nitrogen and oxygen atoms in total. The van der Waals surface area contributed by atoms with Gasteiger partial charge in [0.25, 0.3) is 5.91 Å². The van der Waals surface area contributed by atoms with Crippen LogP contribution in [0.2, 0.25) is 5.02 Å². The summed E-state index contributed by atoms with van der Waals surface area (Å²) in [5.41, 5.74) is 1.61. The Morgan fingerprint density at radius 1 is 1.23 bits per heavy atom. The molecule has 1 heterocycles. The average Bonchev–Trinajstić information content (AvgIpc) is 2.94. The van der Waals surface area contributed by atoms with Crippen molar-refractivity contribution in [3.8, 4) is 5.75 Å². The fourth-order valence-electron chi connectivity index (χ4n) is 2.13. The number of amides is 1. The second-order valence-corrected chi connectivity index (χ2v) is 5.13. The topological polar surface area (TPSA) is 54.1 Å². The molecule has 2 aromatic carbocycles. The zero-order valence-electron chi connectivity index (χ0n) is 11.6. The van der Waals surface area contributed by atoms with Gasteiger partial charge in [-0.1, -0.05) is 11.6 Å². The lowest BCUT2D eigenvalue weighted by Crippen LogP contribution is -2.12. The molecule has 0 radical (unpaired) electrons. The molecule has 0 aliphatic carbocycles. The minimum Gasteiger partial charge on any atom is -0.497 e. The van der Waals surface area contributed by atoms with Crippen molar-refractivity contribution >= 4 is 34.1 Å². The maximum Gasteiger partial charge on any atom is 0.272 e. The minimum absolute atomic E-state index is 0.0424. The van der Waals surface area contributed by atoms with E-state index in [2.05, 4.69) is 10.3 Å². The molecule has 0 bridgehead atoms. The fourth-order valence-corrected chi connectivity index (χ4v) is 2.31. The molecular weight excluding hydrogens is 307 g/mol. The number of hydrogen-bond acceptors (Lipinski definition) is 2. The molecule has 6 heteroatoms. The second-order valence-electron chi connectivity index (χ2n) is 4.72. The highest BCUT2D eigenvalue weighted by Crippen LogP contribution is 2.23. The van der Waals surface area contributed by atoms with Crippen LogP contribution < -0.4 is 10.1 Å². The first-order valence-corrected chi connectivity index (χ1v) is 6.88. The number of aromatic amines is 1. The van der Waals surface area contributed by atoms with Gasteiger partial charge in [0.1, 0.15) is 17.3 Å². The third-order valence-corrected chi connectivity index (χ3v) is 3.54. The number of ether oxygens (including phenoxy) is 1. The van der Waals surface area contributed by atoms with Crippen LogP contribution in [0, 0.1) is 5.82 Å². The van der Waals surface area contributed by atoms with Gasteiger partial charge in [0.2, 0.25) is 0 Å². The van der Waals surface area contributed by atoms with E-state index in [1.165, 1.54) is 18.2 Å². The standard InChI is InChI=1S/C16H12ClFN2O2/c1-22-11-4-2-9-6-15(20-14(9)8-11)16(21)19-10-3-5-13(18)12(17)7-10/h2-8,20H,1H3,(H,19,21). The summed E-state index contributed by atoms with van der Waals surface area (Å²) in [6.07, 6.45) is 0. The lowest BCUT2D eigenvalue weighted by Gasteiger charge is -2.04. The van der Waals surface area contributed by atoms with Gasteiger partial charge in [0, 0.05) is 22.7 Å². The predicted molar refractivity (Wildman–Crippen MR) is 84.2 cm³/mol. The largest absolute Gasteiger partial charge is 0.497 e. The van der Waals surface area contributed by atoms with E-state index in [1.807, 2.05) is 12.1 Å². The van der Waals surface area contributed by atoms with Crippen molar-refractivity contribution in [2.75, 3.05) is 12.4 Å². The summed E-state index contributed by atoms with van der Waals surface area (Å²) in [5.74, 6) is -0.165. The molecule has 0 saturated heterocycles. The van der Waals surface area contributed by atoms with Gasteiger partial charge in [-0.2, -0.15) is 0 Å². The summed E-state index contributed by atoms with van der Waals surface area (Å²) < 4.78 is 18.2. The zero-order valence-corrected chi connectivity index (χ0v) is 12.4. The Hall–Kier alpha value is -2.53. The van der Waals surface area contributed by atoms with E-state index in [0.717, 1.165) is 10.9 Å². The van der Waals surface area contributed by atoms with Gasteiger partial charge in [-0.3, -0.25) is 4.79 Å². The third-order valence-electron chi connectivity index (χ3n) is 3.25. The first-order valence-electron chi connectivity index (χ1n) is 6.50. The number of anilines is 1. The summed E-state index contributed by atoms with van der Waals surface area (Å²) in [6, 6.07) is 11.2. The number of nitrogens with one attached hydrogen (secondary N) is 2. The maximum atomic E-state index is 13.1. The quantitative estimate of drug-likeness (QED) is 0.759. The highest BCUT2D eigenvalue weighted by Gasteiger charge is 2.11. The van der Waals surface area contributed by atoms with Crippen LogP contribution in [0.5, 0.6) is 5.75 Å². The third kappa shape index (κ3) is 2.76. The summed E-state index contributed by atoms with van der Waals surface area (Å²) in [7, 11) is 1.58. The van der Waals surface area contributed by atoms with E-state index in [0.29, 0.717) is 17.1 Å². The SMILES string of the molecule is COc1ccc2cc(C(=O)Nc3ccc(F)c(Cl)c3)[nH]c2c1. The summed E-state index contributed by atoms with van der Waals surface area (Å²) in [4.78, 5) is 15.2. The summed E-state index contributed by atoms with van der Waals surface area (Å²) in [6.45, 7) is 0. The van der Waals surface area contributed by atoms with Gasteiger partial charge in [0.05, 0.1) is 12.1 Å². The van der Waals surface area contributed by atoms with Crippen molar-refractivity contribution in [2.45, 2.75) is 0 Å². The first-order chi connectivity index (χ1) is 10.6. The summed E-state index contributed by atoms with van der Waals surface area (Å²) in [5, 5.41) is 3.51. The average molecular weight is 319 g/mol. The predicted octanol–water partition coefficient (Wildman–Crippen LogP) is 4.22. The Bertz CT molecular complexity index is 860. The van der Waals surface area contributed by atoms with E-state index in [1.54, 1.807) is 19.2 Å². The van der Waals surface area contributed by atoms with E-state index in [-0.39, 0.29) is 10.9 Å². The van der Waals surface area contributed by atoms with Crippen molar-refractivity contribution in [1.29, 1.82) is 0 Å². The van der Waals surface area contributed by atoms with Crippen LogP contribution in [-0.2, 0) is 0 Å². The van der Waals surface area contributed by atoms with Crippen molar-refractivity contribution in [2.24, 2.45) is 0 Å². The van der Waals surface area contributed by atoms with E-state index in [9.17, 15) is 9.18 Å². The molecule has 0 unspecified atom stereocenters. The van der Waals surface area contributed by atoms with Gasteiger partial charge in [0.15, 0.2) is 0 Å². The number of aromatic nitrogens is 1. The number of carbonyl (C=O) groups excluding carboxylic acids is 1. The molecule has 3 rings (SSSR count). The second kappa shape index (κ2) is 5.69. The van der Waals surface area contributed by atoms with Crippen molar-refractivity contribution in [3.63, 3.8) is 0 Å². The monoisotopic (exact) mass is 318 g/mol. The summed E-state index contributed by atoms with van der Waals surface area (Å²) >= 11 is 5.69. The zero-order chi connectivity index (χ0) is 15.7. The molecule has 22 heavy (non-hydrogen) atoms. The molecule has 0 atom stereocenters. The number of benzene rings is 2. The van der Waals surface area contributed by atoms with Crippen molar-refractivity contribution in [1.82, 2.24) is 4.98 Å². The lowest BCUT2D eigenvalue weighted by molar-refractivity contribution is 0.102. The Labute approximate surface area is 130 Å². The molecule has 2 N–H and O–H groups in total. The molecule has 1 amide bonds. The van der Waals surface area contributed by atoms with Crippen molar-refractivity contribution < 1.29 is 13.9 Å². The Balaban J connectivity index is 1.86. The van der Waals surface area contributed by atoms with Crippen LogP contribution in [0.4, 0.5) is 10.1 Å². The number of hydrogen-bond donors (Lipinski definition) is 2. The van der Waals surface area contributed by atoms with Gasteiger partial charge in [-0.15, -0.1) is 0 Å². The number of rotatable bonds is 3. The molecule has 0 fully saturated rings. The molecule has 0 aliphatic heterocycles. The van der Waals surface area contributed by atoms with Crippen LogP contribution in [-0.4, -0.2) is 18.0 Å². The normalized spacial score (nSPS) is 10.7. The molecule has 3 aromatic rings. The highest BCUT2D eigenvalue weighted by atomic mass is 35.5. The lowest BCUT2D eigenvalue weighted by atomic mass is 10.2. The smallest absolute Gasteiger partial charge is 0.272 e. The number of methoxy groups -OCH3 is 1. The molecule has 112 valence electrons. The Kier molecular flexibility index (Phi) is 3.73. The van der Waals surface area contributed by atoms with Crippen LogP contribution in [0.3, 0.4) is 0 Å². The maximum absolute atomic E-state index is 13.1. The molecule has 0 saturated carbocycles. The minimum atomic E-state index is -0.530. The fraction of sp³-hybridized carbons (Fsp3) is 0.0625. The van der Waals surface area contributed by atoms with Gasteiger partial charge in [-0.05, 0) is 36.4 Å². The number of fused-ring (bicyclic) bond motifs is 1. The number of carbonyl (C=O) groups is 1. The van der Waals surface area contributed by atoms with Gasteiger partial charge in [-0.25, -0.2) is 4.39 Å². The van der Waals surface area contributed by atoms with E-state index >= 15 is 0 Å². The highest BCUT2D eigenvalue weighted by molar-refractivity contribution is 6.31. The Morgan fingerprint density at radius 2 is 2.05 bits per heavy atom. The Morgan fingerprint density at radius 3 is 2.77 bits per heavy atom. The van der Waals surface area contributed by atoms with Crippen LogP contribution in [0.1, 0.15) is 10.5 Å².